The summed E-state index contributed by atoms with van der Waals surface area (Å²) >= 11 is 0. The summed E-state index contributed by atoms with van der Waals surface area (Å²) in [6, 6.07) is 25.7. The Balaban J connectivity index is 1.47. The van der Waals surface area contributed by atoms with Crippen LogP contribution in [-0.2, 0) is 0 Å². The molecular weight excluding hydrogens is 468 g/mol. The van der Waals surface area contributed by atoms with Crippen molar-refractivity contribution >= 4 is 11.6 Å². The van der Waals surface area contributed by atoms with Crippen molar-refractivity contribution in [2.24, 2.45) is 0 Å². The van der Waals surface area contributed by atoms with Gasteiger partial charge in [0, 0.05) is 29.8 Å². The highest BCUT2D eigenvalue weighted by Gasteiger charge is 2.22. The van der Waals surface area contributed by atoms with Crippen LogP contribution in [0.15, 0.2) is 104 Å². The summed E-state index contributed by atoms with van der Waals surface area (Å²) in [5, 5.41) is 7.71. The zero-order chi connectivity index (χ0) is 25.6. The summed E-state index contributed by atoms with van der Waals surface area (Å²) in [6.45, 7) is 0. The van der Waals surface area contributed by atoms with Crippen molar-refractivity contribution in [2.45, 2.75) is 0 Å². The fraction of sp³-hybridized carbons (Fsp3) is 0.0690. The number of nitrogens with one attached hydrogen (secondary N) is 1. The average Bonchev–Trinajstić information content (AvgIpc) is 3.40. The van der Waals surface area contributed by atoms with Crippen LogP contribution in [0.4, 0.5) is 5.69 Å². The van der Waals surface area contributed by atoms with Crippen LogP contribution in [0.1, 0.15) is 10.4 Å². The zero-order valence-electron chi connectivity index (χ0n) is 20.3. The smallest absolute Gasteiger partial charge is 0.259 e. The van der Waals surface area contributed by atoms with Crippen molar-refractivity contribution in [3.8, 4) is 39.9 Å². The number of amides is 1. The van der Waals surface area contributed by atoms with Gasteiger partial charge >= 0.3 is 0 Å². The topological polar surface area (TPSA) is 87.5 Å². The molecule has 2 aromatic heterocycles. The Bertz CT molecular complexity index is 1500. The molecule has 3 aromatic carbocycles. The number of para-hydroxylation sites is 1. The summed E-state index contributed by atoms with van der Waals surface area (Å²) in [4.78, 5) is 17.5. The maximum Gasteiger partial charge on any atom is 0.259 e. The third-order valence-corrected chi connectivity index (χ3v) is 5.64. The molecule has 8 heteroatoms. The Kier molecular flexibility index (Phi) is 6.80. The lowest BCUT2D eigenvalue weighted by Crippen LogP contribution is -2.12. The van der Waals surface area contributed by atoms with Crippen LogP contribution in [0.25, 0.3) is 16.9 Å². The van der Waals surface area contributed by atoms with E-state index in [1.54, 1.807) is 92.1 Å². The molecule has 0 atom stereocenters. The van der Waals surface area contributed by atoms with Crippen molar-refractivity contribution in [1.82, 2.24) is 14.8 Å². The highest BCUT2D eigenvalue weighted by molar-refractivity contribution is 6.08. The first-order chi connectivity index (χ1) is 18.1. The Morgan fingerprint density at radius 3 is 2.22 bits per heavy atom. The number of hydrogen-bond donors (Lipinski definition) is 1. The second-order valence-electron chi connectivity index (χ2n) is 8.00. The molecule has 1 N–H and O–H groups in total. The zero-order valence-corrected chi connectivity index (χ0v) is 20.3. The standard InChI is InChI=1S/C29H24N4O4/c1-35-24-12-13-27(36-2)25(18-24)28-26(19-33(32-28)21-6-4-3-5-7-21)29(34)31-20-8-10-22(11-9-20)37-23-14-16-30-17-15-23/h3-19H,1-2H3,(H,31,34). The van der Waals surface area contributed by atoms with Gasteiger partial charge in [0.05, 0.1) is 25.5 Å². The van der Waals surface area contributed by atoms with E-state index < -0.39 is 0 Å². The lowest BCUT2D eigenvalue weighted by atomic mass is 10.1. The molecule has 37 heavy (non-hydrogen) atoms. The highest BCUT2D eigenvalue weighted by Crippen LogP contribution is 2.35. The molecule has 0 saturated carbocycles. The minimum Gasteiger partial charge on any atom is -0.497 e. The molecule has 0 fully saturated rings. The van der Waals surface area contributed by atoms with Gasteiger partial charge in [-0.05, 0) is 66.7 Å². The molecule has 0 bridgehead atoms. The van der Waals surface area contributed by atoms with E-state index >= 15 is 0 Å². The van der Waals surface area contributed by atoms with E-state index in [2.05, 4.69) is 10.3 Å². The number of ether oxygens (including phenoxy) is 3. The van der Waals surface area contributed by atoms with E-state index in [0.717, 1.165) is 5.69 Å². The second kappa shape index (κ2) is 10.7. The van der Waals surface area contributed by atoms with Gasteiger partial charge in [0.2, 0.25) is 0 Å². The number of anilines is 1. The molecule has 2 heterocycles. The quantitative estimate of drug-likeness (QED) is 0.286. The number of rotatable bonds is 8. The molecule has 0 aliphatic heterocycles. The van der Waals surface area contributed by atoms with Gasteiger partial charge in [-0.2, -0.15) is 5.10 Å². The predicted octanol–water partition coefficient (Wildman–Crippen LogP) is 6.00. The van der Waals surface area contributed by atoms with Crippen LogP contribution in [0, 0.1) is 0 Å². The molecule has 0 spiro atoms. The van der Waals surface area contributed by atoms with E-state index in [9.17, 15) is 4.79 Å². The lowest BCUT2D eigenvalue weighted by Gasteiger charge is -2.11. The third kappa shape index (κ3) is 5.28. The number of hydrogen-bond acceptors (Lipinski definition) is 6. The van der Waals surface area contributed by atoms with Gasteiger partial charge in [0.25, 0.3) is 5.91 Å². The summed E-state index contributed by atoms with van der Waals surface area (Å²) in [6.07, 6.45) is 5.03. The van der Waals surface area contributed by atoms with Gasteiger partial charge < -0.3 is 19.5 Å². The van der Waals surface area contributed by atoms with Gasteiger partial charge in [-0.1, -0.05) is 18.2 Å². The van der Waals surface area contributed by atoms with E-state index in [0.29, 0.717) is 45.5 Å². The molecule has 184 valence electrons. The lowest BCUT2D eigenvalue weighted by molar-refractivity contribution is 0.102. The van der Waals surface area contributed by atoms with E-state index in [1.807, 2.05) is 30.3 Å². The molecule has 1 amide bonds. The number of methoxy groups -OCH3 is 2. The van der Waals surface area contributed by atoms with E-state index in [1.165, 1.54) is 0 Å². The summed E-state index contributed by atoms with van der Waals surface area (Å²) in [5.41, 5.74) is 2.93. The first kappa shape index (κ1) is 23.6. The number of pyridine rings is 1. The van der Waals surface area contributed by atoms with Crippen molar-refractivity contribution in [1.29, 1.82) is 0 Å². The van der Waals surface area contributed by atoms with Crippen LogP contribution < -0.4 is 19.5 Å². The molecule has 5 rings (SSSR count). The summed E-state index contributed by atoms with van der Waals surface area (Å²) < 4.78 is 18.5. The van der Waals surface area contributed by atoms with E-state index in [4.69, 9.17) is 19.3 Å². The second-order valence-corrected chi connectivity index (χ2v) is 8.00. The first-order valence-corrected chi connectivity index (χ1v) is 11.5. The van der Waals surface area contributed by atoms with E-state index in [-0.39, 0.29) is 5.91 Å². The Morgan fingerprint density at radius 1 is 0.811 bits per heavy atom. The van der Waals surface area contributed by atoms with Crippen LogP contribution >= 0.6 is 0 Å². The third-order valence-electron chi connectivity index (χ3n) is 5.64. The number of carbonyl (C=O) groups excluding carboxylic acids is 1. The number of nitrogens with zero attached hydrogens (tertiary/aromatic N) is 3. The molecule has 5 aromatic rings. The van der Waals surface area contributed by atoms with Gasteiger partial charge in [-0.25, -0.2) is 4.68 Å². The maximum absolute atomic E-state index is 13.5. The van der Waals surface area contributed by atoms with Gasteiger partial charge in [-0.3, -0.25) is 9.78 Å². The largest absolute Gasteiger partial charge is 0.497 e. The highest BCUT2D eigenvalue weighted by atomic mass is 16.5. The van der Waals surface area contributed by atoms with Crippen LogP contribution in [0.5, 0.6) is 23.0 Å². The summed E-state index contributed by atoms with van der Waals surface area (Å²) in [5.74, 6) is 2.21. The van der Waals surface area contributed by atoms with Crippen LogP contribution in [-0.4, -0.2) is 34.9 Å². The fourth-order valence-corrected chi connectivity index (χ4v) is 3.80. The van der Waals surface area contributed by atoms with Crippen molar-refractivity contribution in [3.63, 3.8) is 0 Å². The van der Waals surface area contributed by atoms with Gasteiger partial charge in [0.1, 0.15) is 28.7 Å². The molecule has 0 aliphatic carbocycles. The molecule has 0 saturated heterocycles. The Hall–Kier alpha value is -5.11. The normalized spacial score (nSPS) is 10.5. The van der Waals surface area contributed by atoms with Crippen molar-refractivity contribution in [2.75, 3.05) is 19.5 Å². The molecule has 0 radical (unpaired) electrons. The van der Waals surface area contributed by atoms with Crippen LogP contribution in [0.3, 0.4) is 0 Å². The molecule has 0 unspecified atom stereocenters. The minimum atomic E-state index is -0.315. The van der Waals surface area contributed by atoms with Crippen molar-refractivity contribution in [3.05, 3.63) is 109 Å². The van der Waals surface area contributed by atoms with Crippen molar-refractivity contribution < 1.29 is 19.0 Å². The number of benzene rings is 3. The fourth-order valence-electron chi connectivity index (χ4n) is 3.80. The average molecular weight is 493 g/mol. The number of aromatic nitrogens is 3. The molecular formula is C29H24N4O4. The SMILES string of the molecule is COc1ccc(OC)c(-c2nn(-c3ccccc3)cc2C(=O)Nc2ccc(Oc3ccncc3)cc2)c1. The van der Waals surface area contributed by atoms with Gasteiger partial charge in [-0.15, -0.1) is 0 Å². The molecule has 0 aliphatic rings. The van der Waals surface area contributed by atoms with Gasteiger partial charge in [0.15, 0.2) is 0 Å². The molecule has 8 nitrogen and oxygen atoms in total. The Labute approximate surface area is 214 Å². The predicted molar refractivity (Wildman–Crippen MR) is 141 cm³/mol. The monoisotopic (exact) mass is 492 g/mol. The first-order valence-electron chi connectivity index (χ1n) is 11.5. The van der Waals surface area contributed by atoms with Crippen LogP contribution in [0.2, 0.25) is 0 Å². The minimum absolute atomic E-state index is 0.315. The summed E-state index contributed by atoms with van der Waals surface area (Å²) in [7, 11) is 3.17. The number of carbonyl (C=O) groups is 1. The maximum atomic E-state index is 13.5. The Morgan fingerprint density at radius 2 is 1.51 bits per heavy atom.